The molecule has 0 bridgehead atoms. The fraction of sp³-hybridized carbons (Fsp3) is 0.357. The van der Waals surface area contributed by atoms with Crippen LogP contribution in [0.15, 0.2) is 36.0 Å². The van der Waals surface area contributed by atoms with Gasteiger partial charge in [0, 0.05) is 32.1 Å². The minimum absolute atomic E-state index is 0.0367. The van der Waals surface area contributed by atoms with Crippen LogP contribution in [-0.4, -0.2) is 40.2 Å². The van der Waals surface area contributed by atoms with Crippen molar-refractivity contribution < 1.29 is 9.90 Å². The number of hydrogen-bond donors (Lipinski definition) is 1. The van der Waals surface area contributed by atoms with Crippen molar-refractivity contribution in [3.63, 3.8) is 0 Å². The van der Waals surface area contributed by atoms with E-state index in [-0.39, 0.29) is 12.5 Å². The van der Waals surface area contributed by atoms with Gasteiger partial charge in [0.25, 0.3) is 5.91 Å². The Morgan fingerprint density at radius 1 is 1.42 bits per heavy atom. The lowest BCUT2D eigenvalue weighted by molar-refractivity contribution is 0.0759. The predicted molar refractivity (Wildman–Crippen MR) is 76.9 cm³/mol. The summed E-state index contributed by atoms with van der Waals surface area (Å²) in [5, 5.41) is 10.8. The van der Waals surface area contributed by atoms with Gasteiger partial charge in [-0.25, -0.2) is 0 Å². The highest BCUT2D eigenvalue weighted by Crippen LogP contribution is 2.23. The van der Waals surface area contributed by atoms with E-state index in [1.165, 1.54) is 11.3 Å². The molecule has 19 heavy (non-hydrogen) atoms. The number of rotatable bonds is 6. The molecule has 2 heterocycles. The van der Waals surface area contributed by atoms with Crippen LogP contribution < -0.4 is 0 Å². The molecule has 1 amide bonds. The molecule has 2 rings (SSSR count). The number of nitrogens with zero attached hydrogens (tertiary/aromatic N) is 2. The highest BCUT2D eigenvalue weighted by atomic mass is 32.1. The van der Waals surface area contributed by atoms with Gasteiger partial charge in [-0.3, -0.25) is 4.79 Å². The van der Waals surface area contributed by atoms with Crippen LogP contribution in [0.4, 0.5) is 0 Å². The Kier molecular flexibility index (Phi) is 4.76. The van der Waals surface area contributed by atoms with Crippen molar-refractivity contribution in [2.24, 2.45) is 0 Å². The third-order valence-electron chi connectivity index (χ3n) is 2.98. The van der Waals surface area contributed by atoms with Crippen LogP contribution in [0.25, 0.3) is 5.69 Å². The van der Waals surface area contributed by atoms with Gasteiger partial charge in [-0.05, 0) is 36.9 Å². The van der Waals surface area contributed by atoms with Gasteiger partial charge in [0.05, 0.1) is 5.69 Å². The maximum atomic E-state index is 12.5. The van der Waals surface area contributed by atoms with Crippen LogP contribution >= 0.6 is 11.3 Å². The zero-order chi connectivity index (χ0) is 13.7. The smallest absolute Gasteiger partial charge is 0.266 e. The summed E-state index contributed by atoms with van der Waals surface area (Å²) in [6.45, 7) is 3.31. The van der Waals surface area contributed by atoms with Gasteiger partial charge < -0.3 is 14.6 Å². The van der Waals surface area contributed by atoms with E-state index >= 15 is 0 Å². The Hall–Kier alpha value is -1.59. The largest absolute Gasteiger partial charge is 0.396 e. The molecule has 0 saturated carbocycles. The average molecular weight is 278 g/mol. The summed E-state index contributed by atoms with van der Waals surface area (Å²) < 4.78 is 1.95. The van der Waals surface area contributed by atoms with Gasteiger partial charge in [-0.1, -0.05) is 0 Å². The second-order valence-electron chi connectivity index (χ2n) is 4.19. The lowest BCUT2D eigenvalue weighted by atomic mass is 10.3. The first-order valence-corrected chi connectivity index (χ1v) is 7.27. The van der Waals surface area contributed by atoms with Crippen molar-refractivity contribution in [1.29, 1.82) is 0 Å². The van der Waals surface area contributed by atoms with Gasteiger partial charge in [-0.2, -0.15) is 0 Å². The monoisotopic (exact) mass is 278 g/mol. The number of carbonyl (C=O) groups excluding carboxylic acids is 1. The van der Waals surface area contributed by atoms with E-state index in [0.717, 1.165) is 10.6 Å². The molecule has 0 radical (unpaired) electrons. The van der Waals surface area contributed by atoms with Gasteiger partial charge >= 0.3 is 0 Å². The second kappa shape index (κ2) is 6.54. The summed E-state index contributed by atoms with van der Waals surface area (Å²) in [5.74, 6) is 0.0367. The van der Waals surface area contributed by atoms with E-state index in [9.17, 15) is 4.79 Å². The molecule has 0 spiro atoms. The maximum absolute atomic E-state index is 12.5. The lowest BCUT2D eigenvalue weighted by Gasteiger charge is -2.20. The van der Waals surface area contributed by atoms with E-state index in [1.807, 2.05) is 47.5 Å². The van der Waals surface area contributed by atoms with Crippen LogP contribution in [-0.2, 0) is 0 Å². The summed E-state index contributed by atoms with van der Waals surface area (Å²) in [6, 6.07) is 5.84. The first-order chi connectivity index (χ1) is 9.27. The number of amides is 1. The number of carbonyl (C=O) groups is 1. The Morgan fingerprint density at radius 3 is 2.79 bits per heavy atom. The maximum Gasteiger partial charge on any atom is 0.266 e. The number of thiophene rings is 1. The van der Waals surface area contributed by atoms with Gasteiger partial charge in [0.1, 0.15) is 4.88 Å². The van der Waals surface area contributed by atoms with Crippen molar-refractivity contribution in [3.05, 3.63) is 40.8 Å². The standard InChI is InChI=1S/C14H18N2O2S/c1-2-15(9-5-10-17)14(18)13-12(6-11-19-13)16-7-3-4-8-16/h3-4,6-8,11,17H,2,5,9-10H2,1H3. The number of aromatic nitrogens is 1. The fourth-order valence-corrected chi connectivity index (χ4v) is 2.83. The second-order valence-corrected chi connectivity index (χ2v) is 5.10. The zero-order valence-corrected chi connectivity index (χ0v) is 11.8. The van der Waals surface area contributed by atoms with E-state index in [0.29, 0.717) is 19.5 Å². The molecule has 2 aromatic heterocycles. The topological polar surface area (TPSA) is 45.5 Å². The molecular formula is C14H18N2O2S. The molecule has 0 aliphatic rings. The van der Waals surface area contributed by atoms with Gasteiger partial charge in [0.2, 0.25) is 0 Å². The molecule has 0 aliphatic carbocycles. The molecule has 5 heteroatoms. The normalized spacial score (nSPS) is 10.6. The summed E-state index contributed by atoms with van der Waals surface area (Å²) >= 11 is 1.46. The van der Waals surface area contributed by atoms with Crippen molar-refractivity contribution >= 4 is 17.2 Å². The molecule has 1 N–H and O–H groups in total. The van der Waals surface area contributed by atoms with Crippen LogP contribution in [0.1, 0.15) is 23.0 Å². The number of aliphatic hydroxyl groups excluding tert-OH is 1. The van der Waals surface area contributed by atoms with E-state index in [1.54, 1.807) is 4.90 Å². The third kappa shape index (κ3) is 3.05. The van der Waals surface area contributed by atoms with Crippen LogP contribution in [0.5, 0.6) is 0 Å². The summed E-state index contributed by atoms with van der Waals surface area (Å²) in [7, 11) is 0. The molecule has 0 aromatic carbocycles. The first-order valence-electron chi connectivity index (χ1n) is 6.39. The zero-order valence-electron chi connectivity index (χ0n) is 11.0. The number of aliphatic hydroxyl groups is 1. The predicted octanol–water partition coefficient (Wildman–Crippen LogP) is 2.38. The summed E-state index contributed by atoms with van der Waals surface area (Å²) in [4.78, 5) is 15.0. The minimum atomic E-state index is 0.0367. The third-order valence-corrected chi connectivity index (χ3v) is 3.87. The molecule has 4 nitrogen and oxygen atoms in total. The van der Waals surface area contributed by atoms with Crippen molar-refractivity contribution in [3.8, 4) is 5.69 Å². The van der Waals surface area contributed by atoms with Crippen LogP contribution in [0.3, 0.4) is 0 Å². The van der Waals surface area contributed by atoms with Crippen LogP contribution in [0, 0.1) is 0 Å². The quantitative estimate of drug-likeness (QED) is 0.882. The molecule has 0 unspecified atom stereocenters. The molecule has 0 aliphatic heterocycles. The number of hydrogen-bond acceptors (Lipinski definition) is 3. The highest BCUT2D eigenvalue weighted by molar-refractivity contribution is 7.12. The molecular weight excluding hydrogens is 260 g/mol. The van der Waals surface area contributed by atoms with E-state index < -0.39 is 0 Å². The van der Waals surface area contributed by atoms with Gasteiger partial charge in [0.15, 0.2) is 0 Å². The SMILES string of the molecule is CCN(CCCO)C(=O)c1sccc1-n1cccc1. The van der Waals surface area contributed by atoms with Crippen molar-refractivity contribution in [1.82, 2.24) is 9.47 Å². The Bertz CT molecular complexity index is 519. The Balaban J connectivity index is 2.22. The first kappa shape index (κ1) is 13.8. The lowest BCUT2D eigenvalue weighted by Crippen LogP contribution is -2.32. The van der Waals surface area contributed by atoms with Crippen molar-refractivity contribution in [2.45, 2.75) is 13.3 Å². The fourth-order valence-electron chi connectivity index (χ4n) is 1.97. The average Bonchev–Trinajstić information content (AvgIpc) is 3.09. The Labute approximate surface area is 116 Å². The van der Waals surface area contributed by atoms with E-state index in [4.69, 9.17) is 5.11 Å². The van der Waals surface area contributed by atoms with E-state index in [2.05, 4.69) is 0 Å². The van der Waals surface area contributed by atoms with Crippen LogP contribution in [0.2, 0.25) is 0 Å². The molecule has 0 atom stereocenters. The summed E-state index contributed by atoms with van der Waals surface area (Å²) in [6.07, 6.45) is 4.48. The Morgan fingerprint density at radius 2 is 2.16 bits per heavy atom. The highest BCUT2D eigenvalue weighted by Gasteiger charge is 2.19. The minimum Gasteiger partial charge on any atom is -0.396 e. The van der Waals surface area contributed by atoms with Gasteiger partial charge in [-0.15, -0.1) is 11.3 Å². The molecule has 102 valence electrons. The van der Waals surface area contributed by atoms with Crippen molar-refractivity contribution in [2.75, 3.05) is 19.7 Å². The molecule has 0 fully saturated rings. The molecule has 2 aromatic rings. The molecule has 0 saturated heterocycles. The summed E-state index contributed by atoms with van der Waals surface area (Å²) in [5.41, 5.74) is 0.919.